The minimum atomic E-state index is -0.502. The minimum absolute atomic E-state index is 0.0179. The maximum absolute atomic E-state index is 12.7. The lowest BCUT2D eigenvalue weighted by atomic mass is 10.1. The van der Waals surface area contributed by atoms with Gasteiger partial charge in [0, 0.05) is 49.6 Å². The maximum Gasteiger partial charge on any atom is 0.268 e. The molecule has 0 spiro atoms. The maximum atomic E-state index is 12.7. The fourth-order valence-corrected chi connectivity index (χ4v) is 3.90. The quantitative estimate of drug-likeness (QED) is 0.734. The molecule has 7 nitrogen and oxygen atoms in total. The van der Waals surface area contributed by atoms with Crippen molar-refractivity contribution in [3.8, 4) is 0 Å². The fraction of sp³-hybridized carbons (Fsp3) is 0.350. The Morgan fingerprint density at radius 3 is 2.39 bits per heavy atom. The number of carbonyl (C=O) groups is 2. The summed E-state index contributed by atoms with van der Waals surface area (Å²) in [6.07, 6.45) is 0. The van der Waals surface area contributed by atoms with Gasteiger partial charge in [0.25, 0.3) is 17.4 Å². The van der Waals surface area contributed by atoms with Crippen LogP contribution >= 0.6 is 11.6 Å². The van der Waals surface area contributed by atoms with Crippen molar-refractivity contribution in [2.45, 2.75) is 6.92 Å². The van der Waals surface area contributed by atoms with E-state index in [0.717, 1.165) is 18.8 Å². The molecule has 0 bridgehead atoms. The Bertz CT molecular complexity index is 1020. The van der Waals surface area contributed by atoms with Crippen molar-refractivity contribution in [1.82, 2.24) is 14.4 Å². The number of piperazine rings is 1. The molecule has 2 aromatic rings. The van der Waals surface area contributed by atoms with E-state index in [9.17, 15) is 14.4 Å². The Morgan fingerprint density at radius 2 is 1.71 bits per heavy atom. The molecule has 2 aliphatic heterocycles. The Morgan fingerprint density at radius 1 is 1.00 bits per heavy atom. The third kappa shape index (κ3) is 3.10. The highest BCUT2D eigenvalue weighted by atomic mass is 35.5. The summed E-state index contributed by atoms with van der Waals surface area (Å²) in [4.78, 5) is 43.4. The molecule has 1 saturated heterocycles. The van der Waals surface area contributed by atoms with Crippen LogP contribution in [0.5, 0.6) is 0 Å². The average molecular weight is 401 g/mol. The van der Waals surface area contributed by atoms with Gasteiger partial charge in [0.05, 0.1) is 12.2 Å². The Kier molecular flexibility index (Phi) is 4.72. The van der Waals surface area contributed by atoms with E-state index in [0.29, 0.717) is 23.8 Å². The summed E-state index contributed by atoms with van der Waals surface area (Å²) in [6.45, 7) is 4.89. The number of pyridine rings is 1. The van der Waals surface area contributed by atoms with Crippen LogP contribution in [0.1, 0.15) is 26.4 Å². The monoisotopic (exact) mass is 400 g/mol. The number of benzene rings is 1. The Labute approximate surface area is 167 Å². The van der Waals surface area contributed by atoms with E-state index < -0.39 is 17.4 Å². The molecule has 0 radical (unpaired) electrons. The normalized spacial score (nSPS) is 17.4. The predicted molar refractivity (Wildman–Crippen MR) is 107 cm³/mol. The van der Waals surface area contributed by atoms with Gasteiger partial charge in [-0.25, -0.2) is 0 Å². The largest absolute Gasteiger partial charge is 0.369 e. The van der Waals surface area contributed by atoms with Crippen molar-refractivity contribution in [2.75, 3.05) is 37.7 Å². The van der Waals surface area contributed by atoms with E-state index in [1.165, 1.54) is 9.47 Å². The van der Waals surface area contributed by atoms with Gasteiger partial charge in [-0.3, -0.25) is 24.2 Å². The standard InChI is InChI=1S/C20H21ClN4O3/c1-13-10-16-17(19(27)22(13)2)20(28)25(18(16)26)12-23-6-8-24(9-7-23)15-5-3-4-14(21)11-15/h3-5,10-11H,6-9,12H2,1-2H3. The van der Waals surface area contributed by atoms with Crippen LogP contribution in [-0.4, -0.2) is 59.0 Å². The topological polar surface area (TPSA) is 65.9 Å². The summed E-state index contributed by atoms with van der Waals surface area (Å²) >= 11 is 6.07. The molecular weight excluding hydrogens is 380 g/mol. The smallest absolute Gasteiger partial charge is 0.268 e. The van der Waals surface area contributed by atoms with Gasteiger partial charge in [-0.1, -0.05) is 17.7 Å². The van der Waals surface area contributed by atoms with Crippen LogP contribution < -0.4 is 10.5 Å². The summed E-state index contributed by atoms with van der Waals surface area (Å²) in [7, 11) is 1.60. The van der Waals surface area contributed by atoms with E-state index in [2.05, 4.69) is 9.80 Å². The number of aryl methyl sites for hydroxylation is 1. The summed E-state index contributed by atoms with van der Waals surface area (Å²) in [5.74, 6) is -0.893. The van der Waals surface area contributed by atoms with Gasteiger partial charge in [-0.2, -0.15) is 0 Å². The van der Waals surface area contributed by atoms with Crippen LogP contribution in [0.4, 0.5) is 5.69 Å². The van der Waals surface area contributed by atoms with Crippen LogP contribution in [0.25, 0.3) is 0 Å². The number of nitrogens with zero attached hydrogens (tertiary/aromatic N) is 4. The number of aromatic nitrogens is 1. The molecule has 4 rings (SSSR count). The predicted octanol–water partition coefficient (Wildman–Crippen LogP) is 1.72. The number of anilines is 1. The van der Waals surface area contributed by atoms with Gasteiger partial charge in [-0.05, 0) is 31.2 Å². The van der Waals surface area contributed by atoms with E-state index >= 15 is 0 Å². The van der Waals surface area contributed by atoms with E-state index in [1.807, 2.05) is 24.3 Å². The SMILES string of the molecule is Cc1cc2c(c(=O)n1C)C(=O)N(CN1CCN(c3cccc(Cl)c3)CC1)C2=O. The van der Waals surface area contributed by atoms with Gasteiger partial charge >= 0.3 is 0 Å². The van der Waals surface area contributed by atoms with Crippen molar-refractivity contribution in [1.29, 1.82) is 0 Å². The van der Waals surface area contributed by atoms with Crippen molar-refractivity contribution < 1.29 is 9.59 Å². The van der Waals surface area contributed by atoms with Crippen LogP contribution in [0.3, 0.4) is 0 Å². The fourth-order valence-electron chi connectivity index (χ4n) is 3.72. The number of hydrogen-bond acceptors (Lipinski definition) is 5. The molecule has 1 fully saturated rings. The van der Waals surface area contributed by atoms with Crippen LogP contribution in [0, 0.1) is 6.92 Å². The third-order valence-corrected chi connectivity index (χ3v) is 5.73. The first-order valence-electron chi connectivity index (χ1n) is 9.16. The number of imide groups is 1. The molecule has 1 aromatic carbocycles. The second kappa shape index (κ2) is 7.07. The van der Waals surface area contributed by atoms with Crippen LogP contribution in [-0.2, 0) is 7.05 Å². The lowest BCUT2D eigenvalue weighted by molar-refractivity contribution is 0.0534. The third-order valence-electron chi connectivity index (χ3n) is 5.49. The van der Waals surface area contributed by atoms with Gasteiger partial charge in [0.2, 0.25) is 0 Å². The molecule has 0 unspecified atom stereocenters. The van der Waals surface area contributed by atoms with Gasteiger partial charge in [0.1, 0.15) is 5.56 Å². The minimum Gasteiger partial charge on any atom is -0.369 e. The molecular formula is C20H21ClN4O3. The first-order chi connectivity index (χ1) is 13.4. The highest BCUT2D eigenvalue weighted by Crippen LogP contribution is 2.23. The molecule has 0 saturated carbocycles. The van der Waals surface area contributed by atoms with E-state index in [1.54, 1.807) is 20.0 Å². The summed E-state index contributed by atoms with van der Waals surface area (Å²) in [6, 6.07) is 9.33. The molecule has 0 atom stereocenters. The molecule has 28 heavy (non-hydrogen) atoms. The number of rotatable bonds is 3. The van der Waals surface area contributed by atoms with Crippen LogP contribution in [0.2, 0.25) is 5.02 Å². The molecule has 3 heterocycles. The molecule has 8 heteroatoms. The number of amides is 2. The second-order valence-electron chi connectivity index (χ2n) is 7.20. The number of halogens is 1. The van der Waals surface area contributed by atoms with Crippen molar-refractivity contribution in [2.24, 2.45) is 7.05 Å². The number of carbonyl (C=O) groups excluding carboxylic acids is 2. The lowest BCUT2D eigenvalue weighted by Gasteiger charge is -2.37. The first kappa shape index (κ1) is 18.7. The van der Waals surface area contributed by atoms with Crippen molar-refractivity contribution in [3.05, 3.63) is 62.5 Å². The van der Waals surface area contributed by atoms with Crippen molar-refractivity contribution >= 4 is 29.1 Å². The van der Waals surface area contributed by atoms with Crippen molar-refractivity contribution in [3.63, 3.8) is 0 Å². The van der Waals surface area contributed by atoms with Gasteiger partial charge in [-0.15, -0.1) is 0 Å². The summed E-state index contributed by atoms with van der Waals surface area (Å²) in [5.41, 5.74) is 1.49. The second-order valence-corrected chi connectivity index (χ2v) is 7.64. The van der Waals surface area contributed by atoms with E-state index in [4.69, 9.17) is 11.6 Å². The lowest BCUT2D eigenvalue weighted by Crippen LogP contribution is -2.51. The molecule has 2 amide bonds. The summed E-state index contributed by atoms with van der Waals surface area (Å²) < 4.78 is 1.40. The number of fused-ring (bicyclic) bond motifs is 1. The summed E-state index contributed by atoms with van der Waals surface area (Å²) in [5, 5.41) is 0.697. The van der Waals surface area contributed by atoms with E-state index in [-0.39, 0.29) is 17.8 Å². The zero-order chi connectivity index (χ0) is 20.0. The Hall–Kier alpha value is -2.64. The molecule has 1 aromatic heterocycles. The molecule has 2 aliphatic rings. The Balaban J connectivity index is 1.46. The first-order valence-corrected chi connectivity index (χ1v) is 9.54. The molecule has 0 N–H and O–H groups in total. The highest BCUT2D eigenvalue weighted by molar-refractivity contribution is 6.30. The average Bonchev–Trinajstić information content (AvgIpc) is 2.91. The van der Waals surface area contributed by atoms with Crippen LogP contribution in [0.15, 0.2) is 35.1 Å². The molecule has 146 valence electrons. The zero-order valence-corrected chi connectivity index (χ0v) is 16.6. The van der Waals surface area contributed by atoms with Gasteiger partial charge in [0.15, 0.2) is 0 Å². The number of hydrogen-bond donors (Lipinski definition) is 0. The zero-order valence-electron chi connectivity index (χ0n) is 15.8. The highest BCUT2D eigenvalue weighted by Gasteiger charge is 2.39. The molecule has 0 aliphatic carbocycles. The van der Waals surface area contributed by atoms with Gasteiger partial charge < -0.3 is 9.47 Å².